The molecule has 1 rings (SSSR count). The Morgan fingerprint density at radius 2 is 2.21 bits per heavy atom. The van der Waals surface area contributed by atoms with Crippen molar-refractivity contribution in [2.24, 2.45) is 5.73 Å². The van der Waals surface area contributed by atoms with Gasteiger partial charge in [0.1, 0.15) is 0 Å². The molecule has 1 unspecified atom stereocenters. The molecule has 1 aromatic carbocycles. The molecule has 0 bridgehead atoms. The largest absolute Gasteiger partial charge is 0.380 e. The highest BCUT2D eigenvalue weighted by Crippen LogP contribution is 2.24. The van der Waals surface area contributed by atoms with Crippen LogP contribution in [0, 0.1) is 6.92 Å². The number of hydrogen-bond donors (Lipinski definition) is 3. The van der Waals surface area contributed by atoms with Crippen LogP contribution >= 0.6 is 15.9 Å². The first-order chi connectivity index (χ1) is 9.06. The molecule has 0 saturated heterocycles. The number of benzene rings is 1. The number of aryl methyl sites for hydroxylation is 1. The van der Waals surface area contributed by atoms with Crippen LogP contribution in [0.1, 0.15) is 25.3 Å². The van der Waals surface area contributed by atoms with Crippen LogP contribution in [-0.2, 0) is 4.79 Å². The zero-order chi connectivity index (χ0) is 14.3. The minimum atomic E-state index is -0.0602. The Hall–Kier alpha value is -1.07. The molecule has 0 heterocycles. The monoisotopic (exact) mass is 327 g/mol. The van der Waals surface area contributed by atoms with Crippen molar-refractivity contribution < 1.29 is 4.79 Å². The second kappa shape index (κ2) is 8.17. The van der Waals surface area contributed by atoms with Gasteiger partial charge in [0.2, 0.25) is 5.91 Å². The van der Waals surface area contributed by atoms with Crippen LogP contribution in [0.3, 0.4) is 0 Å². The summed E-state index contributed by atoms with van der Waals surface area (Å²) >= 11 is 3.49. The third-order valence-corrected chi connectivity index (χ3v) is 3.46. The molecule has 4 nitrogen and oxygen atoms in total. The first-order valence-corrected chi connectivity index (χ1v) is 7.35. The number of halogens is 1. The number of hydrogen-bond acceptors (Lipinski definition) is 3. The Morgan fingerprint density at radius 3 is 2.84 bits per heavy atom. The molecule has 1 amide bonds. The van der Waals surface area contributed by atoms with Gasteiger partial charge in [-0.05, 0) is 47.0 Å². The molecule has 4 N–H and O–H groups in total. The fraction of sp³-hybridized carbons (Fsp3) is 0.500. The molecule has 0 radical (unpaired) electrons. The smallest absolute Gasteiger partial charge is 0.222 e. The Labute approximate surface area is 123 Å². The standard InChI is InChI=1S/C14H22BrN3O/c1-3-6-17-14(19)8-11(9-16)18-13-7-10(2)4-5-12(13)15/h4-5,7,11,18H,3,6,8-9,16H2,1-2H3,(H,17,19). The van der Waals surface area contributed by atoms with E-state index in [-0.39, 0.29) is 11.9 Å². The number of nitrogens with one attached hydrogen (secondary N) is 2. The van der Waals surface area contributed by atoms with Gasteiger partial charge in [-0.3, -0.25) is 4.79 Å². The van der Waals surface area contributed by atoms with Crippen LogP contribution in [0.4, 0.5) is 5.69 Å². The van der Waals surface area contributed by atoms with E-state index in [1.807, 2.05) is 32.0 Å². The zero-order valence-electron chi connectivity index (χ0n) is 11.5. The number of carbonyl (C=O) groups is 1. The number of rotatable bonds is 7. The average molecular weight is 328 g/mol. The normalized spacial score (nSPS) is 12.0. The van der Waals surface area contributed by atoms with Crippen molar-refractivity contribution in [2.45, 2.75) is 32.7 Å². The van der Waals surface area contributed by atoms with Gasteiger partial charge in [-0.15, -0.1) is 0 Å². The van der Waals surface area contributed by atoms with E-state index in [0.717, 1.165) is 22.1 Å². The molecule has 1 atom stereocenters. The molecule has 1 aromatic rings. The second-order valence-electron chi connectivity index (χ2n) is 4.61. The van der Waals surface area contributed by atoms with Crippen LogP contribution in [0.15, 0.2) is 22.7 Å². The minimum absolute atomic E-state index is 0.0357. The first-order valence-electron chi connectivity index (χ1n) is 6.56. The molecular formula is C14H22BrN3O. The fourth-order valence-electron chi connectivity index (χ4n) is 1.72. The topological polar surface area (TPSA) is 67.2 Å². The van der Waals surface area contributed by atoms with Gasteiger partial charge in [0, 0.05) is 35.7 Å². The molecule has 0 spiro atoms. The summed E-state index contributed by atoms with van der Waals surface area (Å²) in [4.78, 5) is 11.7. The Bertz CT molecular complexity index is 423. The van der Waals surface area contributed by atoms with Gasteiger partial charge in [-0.1, -0.05) is 13.0 Å². The highest BCUT2D eigenvalue weighted by molar-refractivity contribution is 9.10. The summed E-state index contributed by atoms with van der Waals surface area (Å²) in [7, 11) is 0. The summed E-state index contributed by atoms with van der Waals surface area (Å²) in [5.74, 6) is 0.0357. The molecule has 106 valence electrons. The molecule has 0 aliphatic carbocycles. The average Bonchev–Trinajstić information content (AvgIpc) is 2.39. The fourth-order valence-corrected chi connectivity index (χ4v) is 2.08. The highest BCUT2D eigenvalue weighted by atomic mass is 79.9. The van der Waals surface area contributed by atoms with Crippen LogP contribution in [0.2, 0.25) is 0 Å². The molecular weight excluding hydrogens is 306 g/mol. The maximum Gasteiger partial charge on any atom is 0.222 e. The van der Waals surface area contributed by atoms with Crippen LogP contribution in [0.25, 0.3) is 0 Å². The van der Waals surface area contributed by atoms with E-state index in [4.69, 9.17) is 5.73 Å². The van der Waals surface area contributed by atoms with E-state index in [0.29, 0.717) is 19.5 Å². The van der Waals surface area contributed by atoms with Gasteiger partial charge < -0.3 is 16.4 Å². The van der Waals surface area contributed by atoms with E-state index < -0.39 is 0 Å². The third kappa shape index (κ3) is 5.61. The van der Waals surface area contributed by atoms with Crippen molar-refractivity contribution in [2.75, 3.05) is 18.4 Å². The number of carbonyl (C=O) groups excluding carboxylic acids is 1. The number of nitrogens with two attached hydrogens (primary N) is 1. The zero-order valence-corrected chi connectivity index (χ0v) is 13.1. The lowest BCUT2D eigenvalue weighted by molar-refractivity contribution is -0.121. The predicted molar refractivity (Wildman–Crippen MR) is 83.3 cm³/mol. The summed E-state index contributed by atoms with van der Waals surface area (Å²) in [6.45, 7) is 5.19. The molecule has 0 aliphatic rings. The lowest BCUT2D eigenvalue weighted by atomic mass is 10.1. The van der Waals surface area contributed by atoms with Gasteiger partial charge in [-0.2, -0.15) is 0 Å². The summed E-state index contributed by atoms with van der Waals surface area (Å²) < 4.78 is 0.977. The number of anilines is 1. The van der Waals surface area contributed by atoms with E-state index in [9.17, 15) is 4.79 Å². The first kappa shape index (κ1) is 16.0. The SMILES string of the molecule is CCCNC(=O)CC(CN)Nc1cc(C)ccc1Br. The predicted octanol–water partition coefficient (Wildman–Crippen LogP) is 2.41. The van der Waals surface area contributed by atoms with Crippen LogP contribution in [0.5, 0.6) is 0 Å². The Kier molecular flexibility index (Phi) is 6.87. The van der Waals surface area contributed by atoms with Gasteiger partial charge in [-0.25, -0.2) is 0 Å². The summed E-state index contributed by atoms with van der Waals surface area (Å²) in [6, 6.07) is 6.00. The lowest BCUT2D eigenvalue weighted by Gasteiger charge is -2.19. The van der Waals surface area contributed by atoms with E-state index >= 15 is 0 Å². The van der Waals surface area contributed by atoms with E-state index in [1.165, 1.54) is 0 Å². The van der Waals surface area contributed by atoms with Gasteiger partial charge >= 0.3 is 0 Å². The van der Waals surface area contributed by atoms with E-state index in [2.05, 4.69) is 26.6 Å². The van der Waals surface area contributed by atoms with Crippen LogP contribution < -0.4 is 16.4 Å². The quantitative estimate of drug-likeness (QED) is 0.720. The van der Waals surface area contributed by atoms with Gasteiger partial charge in [0.15, 0.2) is 0 Å². The molecule has 0 aromatic heterocycles. The highest BCUT2D eigenvalue weighted by Gasteiger charge is 2.13. The molecule has 0 saturated carbocycles. The third-order valence-electron chi connectivity index (χ3n) is 2.77. The molecule has 0 aliphatic heterocycles. The summed E-state index contributed by atoms with van der Waals surface area (Å²) in [6.07, 6.45) is 1.33. The van der Waals surface area contributed by atoms with Crippen molar-refractivity contribution in [1.82, 2.24) is 5.32 Å². The maximum absolute atomic E-state index is 11.7. The van der Waals surface area contributed by atoms with Crippen molar-refractivity contribution in [3.8, 4) is 0 Å². The minimum Gasteiger partial charge on any atom is -0.380 e. The second-order valence-corrected chi connectivity index (χ2v) is 5.47. The maximum atomic E-state index is 11.7. The summed E-state index contributed by atoms with van der Waals surface area (Å²) in [5.41, 5.74) is 7.86. The molecule has 5 heteroatoms. The van der Waals surface area contributed by atoms with Crippen molar-refractivity contribution in [3.63, 3.8) is 0 Å². The summed E-state index contributed by atoms with van der Waals surface area (Å²) in [5, 5.41) is 6.18. The van der Waals surface area contributed by atoms with Gasteiger partial charge in [0.05, 0.1) is 0 Å². The van der Waals surface area contributed by atoms with Crippen molar-refractivity contribution in [3.05, 3.63) is 28.2 Å². The van der Waals surface area contributed by atoms with Gasteiger partial charge in [0.25, 0.3) is 0 Å². The van der Waals surface area contributed by atoms with Crippen LogP contribution in [-0.4, -0.2) is 25.0 Å². The Morgan fingerprint density at radius 1 is 1.47 bits per heavy atom. The Balaban J connectivity index is 2.61. The molecule has 19 heavy (non-hydrogen) atoms. The van der Waals surface area contributed by atoms with E-state index in [1.54, 1.807) is 0 Å². The molecule has 0 fully saturated rings. The van der Waals surface area contributed by atoms with Crippen molar-refractivity contribution >= 4 is 27.5 Å². The number of amides is 1. The lowest BCUT2D eigenvalue weighted by Crippen LogP contribution is -2.36. The van der Waals surface area contributed by atoms with Crippen molar-refractivity contribution in [1.29, 1.82) is 0 Å².